The summed E-state index contributed by atoms with van der Waals surface area (Å²) >= 11 is 0. The summed E-state index contributed by atoms with van der Waals surface area (Å²) in [6.07, 6.45) is -1.90. The third-order valence-corrected chi connectivity index (χ3v) is 7.21. The smallest absolute Gasteiger partial charge is 0.416 e. The van der Waals surface area contributed by atoms with Gasteiger partial charge in [-0.25, -0.2) is 0 Å². The molecule has 1 N–H and O–H groups in total. The summed E-state index contributed by atoms with van der Waals surface area (Å²) in [6, 6.07) is 17.1. The summed E-state index contributed by atoms with van der Waals surface area (Å²) in [5.74, 6) is 0.0893. The average Bonchev–Trinajstić information content (AvgIpc) is 2.92. The van der Waals surface area contributed by atoms with Crippen LogP contribution in [-0.4, -0.2) is 50.2 Å². The first kappa shape index (κ1) is 24.9. The number of halogens is 3. The van der Waals surface area contributed by atoms with Crippen molar-refractivity contribution >= 4 is 17.3 Å². The Bertz CT molecular complexity index is 1250. The molecule has 2 aliphatic rings. The van der Waals surface area contributed by atoms with Crippen LogP contribution in [0.25, 0.3) is 0 Å². The van der Waals surface area contributed by atoms with Crippen LogP contribution < -0.4 is 19.9 Å². The van der Waals surface area contributed by atoms with Crippen LogP contribution in [0.3, 0.4) is 0 Å². The van der Waals surface area contributed by atoms with Crippen molar-refractivity contribution < 1.29 is 22.7 Å². The number of amides is 1. The van der Waals surface area contributed by atoms with Crippen molar-refractivity contribution in [2.24, 2.45) is 5.92 Å². The minimum Gasteiger partial charge on any atom is -0.495 e. The Morgan fingerprint density at radius 2 is 1.89 bits per heavy atom. The molecular formula is C28H29F3N4O2. The Balaban J connectivity index is 1.42. The van der Waals surface area contributed by atoms with Crippen molar-refractivity contribution in [2.45, 2.75) is 25.1 Å². The van der Waals surface area contributed by atoms with Crippen LogP contribution >= 0.6 is 0 Å². The van der Waals surface area contributed by atoms with Crippen molar-refractivity contribution in [3.05, 3.63) is 83.7 Å². The first-order valence-electron chi connectivity index (χ1n) is 12.4. The molecule has 9 heteroatoms. The lowest BCUT2D eigenvalue weighted by Crippen LogP contribution is -2.61. The molecule has 2 aromatic carbocycles. The molecule has 0 aliphatic carbocycles. The van der Waals surface area contributed by atoms with Gasteiger partial charge in [-0.15, -0.1) is 0 Å². The van der Waals surface area contributed by atoms with Crippen molar-refractivity contribution in [1.29, 1.82) is 0 Å². The van der Waals surface area contributed by atoms with Crippen molar-refractivity contribution in [1.82, 2.24) is 10.3 Å². The van der Waals surface area contributed by atoms with Gasteiger partial charge in [-0.3, -0.25) is 9.78 Å². The van der Waals surface area contributed by atoms with Gasteiger partial charge in [0.25, 0.3) is 0 Å². The molecule has 2 aliphatic heterocycles. The number of carbonyl (C=O) groups excluding carboxylic acids is 1. The molecule has 1 fully saturated rings. The molecule has 1 amide bonds. The van der Waals surface area contributed by atoms with Gasteiger partial charge in [0.15, 0.2) is 0 Å². The minimum atomic E-state index is -4.44. The molecule has 0 saturated carbocycles. The summed E-state index contributed by atoms with van der Waals surface area (Å²) < 4.78 is 46.0. The van der Waals surface area contributed by atoms with Crippen LogP contribution in [0.15, 0.2) is 66.9 Å². The number of hydrogen-bond donors (Lipinski definition) is 1. The van der Waals surface area contributed by atoms with E-state index in [2.05, 4.69) is 20.1 Å². The van der Waals surface area contributed by atoms with Crippen molar-refractivity contribution in [3.63, 3.8) is 0 Å². The standard InChI is InChI=1S/C28H29F3N4O2/c1-37-26-8-3-2-7-24(26)34-14-15-35-23-10-9-20(28(29,30)31)16-19(23)17-22(25(35)18-34)27(36)33-13-11-21-6-4-5-12-32-21/h2-10,12,16,22,25H,11,13-15,17-18H2,1H3,(H,33,36)/t22-,25+/m1/s1. The lowest BCUT2D eigenvalue weighted by molar-refractivity contribution is -0.137. The molecule has 1 aromatic heterocycles. The number of para-hydroxylation sites is 2. The quantitative estimate of drug-likeness (QED) is 0.535. The summed E-state index contributed by atoms with van der Waals surface area (Å²) in [5, 5.41) is 3.02. The Morgan fingerprint density at radius 1 is 1.08 bits per heavy atom. The van der Waals surface area contributed by atoms with Gasteiger partial charge in [0.2, 0.25) is 5.91 Å². The van der Waals surface area contributed by atoms with Crippen LogP contribution in [0.1, 0.15) is 16.8 Å². The highest BCUT2D eigenvalue weighted by Gasteiger charge is 2.43. The van der Waals surface area contributed by atoms with E-state index >= 15 is 0 Å². The Labute approximate surface area is 214 Å². The van der Waals surface area contributed by atoms with E-state index in [0.29, 0.717) is 38.2 Å². The number of benzene rings is 2. The summed E-state index contributed by atoms with van der Waals surface area (Å²) in [6.45, 7) is 2.20. The number of rotatable bonds is 6. The van der Waals surface area contributed by atoms with Crippen LogP contribution in [0.4, 0.5) is 24.5 Å². The fraction of sp³-hybridized carbons (Fsp3) is 0.357. The molecule has 3 aromatic rings. The zero-order chi connectivity index (χ0) is 26.0. The SMILES string of the molecule is COc1ccccc1N1CCN2c3ccc(C(F)(F)F)cc3C[C@@H](C(=O)NCCc3ccccn3)[C@@H]2C1. The molecule has 194 valence electrons. The van der Waals surface area contributed by atoms with Gasteiger partial charge in [0, 0.05) is 50.2 Å². The van der Waals surface area contributed by atoms with Gasteiger partial charge in [-0.2, -0.15) is 13.2 Å². The number of aromatic nitrogens is 1. The number of nitrogens with one attached hydrogen (secondary N) is 1. The summed E-state index contributed by atoms with van der Waals surface area (Å²) in [7, 11) is 1.63. The van der Waals surface area contributed by atoms with Crippen LogP contribution in [0, 0.1) is 5.92 Å². The first-order chi connectivity index (χ1) is 17.8. The average molecular weight is 511 g/mol. The topological polar surface area (TPSA) is 57.7 Å². The van der Waals surface area contributed by atoms with E-state index in [1.165, 1.54) is 6.07 Å². The predicted octanol–water partition coefficient (Wildman–Crippen LogP) is 4.34. The second-order valence-corrected chi connectivity index (χ2v) is 9.39. The number of piperazine rings is 1. The number of nitrogens with zero attached hydrogens (tertiary/aromatic N) is 3. The molecular weight excluding hydrogens is 481 g/mol. The van der Waals surface area contributed by atoms with Gasteiger partial charge in [0.05, 0.1) is 30.3 Å². The van der Waals surface area contributed by atoms with Gasteiger partial charge in [-0.1, -0.05) is 18.2 Å². The second kappa shape index (κ2) is 10.3. The first-order valence-corrected chi connectivity index (χ1v) is 12.4. The maximum atomic E-state index is 13.5. The number of hydrogen-bond acceptors (Lipinski definition) is 5. The monoisotopic (exact) mass is 510 g/mol. The number of methoxy groups -OCH3 is 1. The Kier molecular flexibility index (Phi) is 6.95. The highest BCUT2D eigenvalue weighted by Crippen LogP contribution is 2.41. The summed E-state index contributed by atoms with van der Waals surface area (Å²) in [4.78, 5) is 22.1. The van der Waals surface area contributed by atoms with Crippen LogP contribution in [0.2, 0.25) is 0 Å². The van der Waals surface area contributed by atoms with Crippen LogP contribution in [-0.2, 0) is 23.8 Å². The predicted molar refractivity (Wildman–Crippen MR) is 136 cm³/mol. The highest BCUT2D eigenvalue weighted by molar-refractivity contribution is 5.82. The van der Waals surface area contributed by atoms with E-state index in [-0.39, 0.29) is 18.4 Å². The van der Waals surface area contributed by atoms with E-state index < -0.39 is 17.7 Å². The minimum absolute atomic E-state index is 0.157. The van der Waals surface area contributed by atoms with E-state index in [1.807, 2.05) is 42.5 Å². The molecule has 3 heterocycles. The second-order valence-electron chi connectivity index (χ2n) is 9.39. The molecule has 0 spiro atoms. The lowest BCUT2D eigenvalue weighted by atomic mass is 9.82. The van der Waals surface area contributed by atoms with Gasteiger partial charge < -0.3 is 19.9 Å². The molecule has 5 rings (SSSR count). The number of ether oxygens (including phenoxy) is 1. The zero-order valence-electron chi connectivity index (χ0n) is 20.5. The van der Waals surface area contributed by atoms with Gasteiger partial charge in [0.1, 0.15) is 5.75 Å². The van der Waals surface area contributed by atoms with E-state index in [0.717, 1.165) is 28.9 Å². The fourth-order valence-corrected chi connectivity index (χ4v) is 5.40. The number of fused-ring (bicyclic) bond motifs is 3. The zero-order valence-corrected chi connectivity index (χ0v) is 20.5. The van der Waals surface area contributed by atoms with Gasteiger partial charge >= 0.3 is 6.18 Å². The third kappa shape index (κ3) is 5.21. The van der Waals surface area contributed by atoms with Crippen molar-refractivity contribution in [2.75, 3.05) is 43.1 Å². The highest BCUT2D eigenvalue weighted by atomic mass is 19.4. The molecule has 0 bridgehead atoms. The lowest BCUT2D eigenvalue weighted by Gasteiger charge is -2.49. The molecule has 2 atom stereocenters. The van der Waals surface area contributed by atoms with Crippen LogP contribution in [0.5, 0.6) is 5.75 Å². The van der Waals surface area contributed by atoms with E-state index in [4.69, 9.17) is 4.74 Å². The molecule has 1 saturated heterocycles. The third-order valence-electron chi connectivity index (χ3n) is 7.21. The fourth-order valence-electron chi connectivity index (χ4n) is 5.40. The number of carbonyl (C=O) groups is 1. The maximum absolute atomic E-state index is 13.5. The maximum Gasteiger partial charge on any atom is 0.416 e. The molecule has 0 unspecified atom stereocenters. The normalized spacial score (nSPS) is 19.1. The van der Waals surface area contributed by atoms with E-state index in [1.54, 1.807) is 19.4 Å². The molecule has 0 radical (unpaired) electrons. The Morgan fingerprint density at radius 3 is 2.65 bits per heavy atom. The number of alkyl halides is 3. The van der Waals surface area contributed by atoms with E-state index in [9.17, 15) is 18.0 Å². The molecule has 37 heavy (non-hydrogen) atoms. The van der Waals surface area contributed by atoms with Gasteiger partial charge in [-0.05, 0) is 54.4 Å². The molecule has 6 nitrogen and oxygen atoms in total. The summed E-state index contributed by atoms with van der Waals surface area (Å²) in [5.41, 5.74) is 2.45. The Hall–Kier alpha value is -3.75. The van der Waals surface area contributed by atoms with Crippen molar-refractivity contribution in [3.8, 4) is 5.75 Å². The number of pyridine rings is 1. The number of anilines is 2. The largest absolute Gasteiger partial charge is 0.495 e.